The first kappa shape index (κ1) is 10.6. The fraction of sp³-hybridized carbons (Fsp3) is 0.727. The predicted octanol–water partition coefficient (Wildman–Crippen LogP) is 1.03. The van der Waals surface area contributed by atoms with Gasteiger partial charge in [0.25, 0.3) is 0 Å². The van der Waals surface area contributed by atoms with Crippen molar-refractivity contribution in [2.75, 3.05) is 26.2 Å². The van der Waals surface area contributed by atoms with Crippen molar-refractivity contribution in [2.45, 2.75) is 26.3 Å². The predicted molar refractivity (Wildman–Crippen MR) is 58.6 cm³/mol. The molecule has 0 unspecified atom stereocenters. The van der Waals surface area contributed by atoms with E-state index >= 15 is 0 Å². The van der Waals surface area contributed by atoms with Crippen molar-refractivity contribution in [1.29, 1.82) is 0 Å². The van der Waals surface area contributed by atoms with Crippen LogP contribution >= 0.6 is 0 Å². The van der Waals surface area contributed by atoms with Crippen molar-refractivity contribution in [3.8, 4) is 0 Å². The smallest absolute Gasteiger partial charge is 0.208 e. The summed E-state index contributed by atoms with van der Waals surface area (Å²) in [6.07, 6.45) is 3.97. The summed E-state index contributed by atoms with van der Waals surface area (Å²) < 4.78 is 5.65. The maximum atomic E-state index is 5.65. The highest BCUT2D eigenvalue weighted by atomic mass is 16.4. The van der Waals surface area contributed by atoms with Gasteiger partial charge < -0.3 is 9.73 Å². The van der Waals surface area contributed by atoms with Crippen molar-refractivity contribution >= 4 is 0 Å². The maximum absolute atomic E-state index is 5.65. The van der Waals surface area contributed by atoms with Crippen molar-refractivity contribution in [3.63, 3.8) is 0 Å². The van der Waals surface area contributed by atoms with E-state index in [1.807, 2.05) is 6.20 Å². The van der Waals surface area contributed by atoms with Crippen LogP contribution in [0.2, 0.25) is 0 Å². The van der Waals surface area contributed by atoms with Gasteiger partial charge in [0.05, 0.1) is 12.7 Å². The number of aromatic nitrogens is 1. The second-order valence-electron chi connectivity index (χ2n) is 4.00. The van der Waals surface area contributed by atoms with Gasteiger partial charge in [-0.2, -0.15) is 0 Å². The molecule has 1 aliphatic heterocycles. The molecule has 0 saturated carbocycles. The fourth-order valence-corrected chi connectivity index (χ4v) is 1.84. The molecule has 1 aromatic heterocycles. The molecule has 0 aromatic carbocycles. The third-order valence-corrected chi connectivity index (χ3v) is 2.67. The van der Waals surface area contributed by atoms with Crippen LogP contribution < -0.4 is 5.32 Å². The van der Waals surface area contributed by atoms with Crippen LogP contribution in [0.4, 0.5) is 0 Å². The van der Waals surface area contributed by atoms with Gasteiger partial charge in [0, 0.05) is 32.6 Å². The van der Waals surface area contributed by atoms with Crippen molar-refractivity contribution < 1.29 is 4.42 Å². The molecule has 2 rings (SSSR count). The summed E-state index contributed by atoms with van der Waals surface area (Å²) >= 11 is 0. The normalized spacial score (nSPS) is 18.2. The Morgan fingerprint density at radius 1 is 1.47 bits per heavy atom. The highest BCUT2D eigenvalue weighted by Gasteiger charge is 2.12. The van der Waals surface area contributed by atoms with Gasteiger partial charge in [-0.15, -0.1) is 0 Å². The Morgan fingerprint density at radius 3 is 3.00 bits per heavy atom. The van der Waals surface area contributed by atoms with E-state index in [1.165, 1.54) is 0 Å². The number of nitrogens with zero attached hydrogens (tertiary/aromatic N) is 2. The minimum absolute atomic E-state index is 0.853. The molecular weight excluding hydrogens is 190 g/mol. The van der Waals surface area contributed by atoms with E-state index in [4.69, 9.17) is 4.42 Å². The first-order valence-corrected chi connectivity index (χ1v) is 5.75. The summed E-state index contributed by atoms with van der Waals surface area (Å²) in [5.41, 5.74) is 0. The zero-order chi connectivity index (χ0) is 10.5. The number of hydrogen-bond acceptors (Lipinski definition) is 4. The highest BCUT2D eigenvalue weighted by molar-refractivity contribution is 4.94. The molecule has 0 amide bonds. The van der Waals surface area contributed by atoms with Crippen LogP contribution in [0.15, 0.2) is 10.6 Å². The Balaban J connectivity index is 1.86. The molecule has 4 nitrogen and oxygen atoms in total. The molecule has 2 heterocycles. The molecule has 0 atom stereocenters. The van der Waals surface area contributed by atoms with Crippen molar-refractivity contribution in [2.24, 2.45) is 0 Å². The molecule has 1 saturated heterocycles. The lowest BCUT2D eigenvalue weighted by Crippen LogP contribution is -2.42. The summed E-state index contributed by atoms with van der Waals surface area (Å²) in [5, 5.41) is 3.33. The van der Waals surface area contributed by atoms with Crippen molar-refractivity contribution in [3.05, 3.63) is 17.8 Å². The topological polar surface area (TPSA) is 41.3 Å². The first-order chi connectivity index (χ1) is 7.38. The zero-order valence-corrected chi connectivity index (χ0v) is 9.33. The molecule has 84 valence electrons. The van der Waals surface area contributed by atoms with Crippen LogP contribution in [-0.2, 0) is 13.0 Å². The Hall–Kier alpha value is -0.870. The summed E-state index contributed by atoms with van der Waals surface area (Å²) in [6, 6.07) is 0. The zero-order valence-electron chi connectivity index (χ0n) is 9.33. The molecule has 1 aliphatic rings. The monoisotopic (exact) mass is 209 g/mol. The van der Waals surface area contributed by atoms with Crippen LogP contribution in [0.3, 0.4) is 0 Å². The molecular formula is C11H19N3O. The molecule has 0 radical (unpaired) electrons. The number of nitrogens with one attached hydrogen (secondary N) is 1. The third kappa shape index (κ3) is 3.04. The third-order valence-electron chi connectivity index (χ3n) is 2.67. The van der Waals surface area contributed by atoms with E-state index in [2.05, 4.69) is 22.1 Å². The quantitative estimate of drug-likeness (QED) is 0.804. The lowest BCUT2D eigenvalue weighted by atomic mass is 10.3. The van der Waals surface area contributed by atoms with Gasteiger partial charge in [0.1, 0.15) is 5.76 Å². The Kier molecular flexibility index (Phi) is 3.75. The van der Waals surface area contributed by atoms with Crippen LogP contribution in [0.25, 0.3) is 0 Å². The largest absolute Gasteiger partial charge is 0.444 e. The highest BCUT2D eigenvalue weighted by Crippen LogP contribution is 2.09. The molecule has 0 spiro atoms. The standard InChI is InChI=1S/C11H19N3O/c1-2-3-10-8-13-11(15-10)9-14-6-4-12-5-7-14/h8,12H,2-7,9H2,1H3. The summed E-state index contributed by atoms with van der Waals surface area (Å²) in [7, 11) is 0. The van der Waals surface area contributed by atoms with Gasteiger partial charge in [-0.1, -0.05) is 6.92 Å². The Morgan fingerprint density at radius 2 is 2.27 bits per heavy atom. The van der Waals surface area contributed by atoms with E-state index < -0.39 is 0 Å². The first-order valence-electron chi connectivity index (χ1n) is 5.75. The summed E-state index contributed by atoms with van der Waals surface area (Å²) in [5.74, 6) is 1.88. The number of oxazole rings is 1. The van der Waals surface area contributed by atoms with Gasteiger partial charge in [-0.3, -0.25) is 4.90 Å². The summed E-state index contributed by atoms with van der Waals surface area (Å²) in [6.45, 7) is 7.33. The van der Waals surface area contributed by atoms with E-state index in [0.717, 1.165) is 57.2 Å². The molecule has 0 bridgehead atoms. The number of hydrogen-bond donors (Lipinski definition) is 1. The lowest BCUT2D eigenvalue weighted by Gasteiger charge is -2.25. The van der Waals surface area contributed by atoms with Gasteiger partial charge in [-0.05, 0) is 6.42 Å². The van der Waals surface area contributed by atoms with E-state index in [9.17, 15) is 0 Å². The average molecular weight is 209 g/mol. The SMILES string of the molecule is CCCc1cnc(CN2CCNCC2)o1. The van der Waals surface area contributed by atoms with Crippen molar-refractivity contribution in [1.82, 2.24) is 15.2 Å². The Bertz CT molecular complexity index is 292. The number of rotatable bonds is 4. The van der Waals surface area contributed by atoms with E-state index in [0.29, 0.717) is 0 Å². The number of piperazine rings is 1. The van der Waals surface area contributed by atoms with Gasteiger partial charge in [-0.25, -0.2) is 4.98 Å². The second kappa shape index (κ2) is 5.28. The minimum Gasteiger partial charge on any atom is -0.444 e. The van der Waals surface area contributed by atoms with Crippen LogP contribution in [0.1, 0.15) is 25.0 Å². The van der Waals surface area contributed by atoms with Crippen LogP contribution in [-0.4, -0.2) is 36.1 Å². The molecule has 1 N–H and O–H groups in total. The van der Waals surface area contributed by atoms with Gasteiger partial charge in [0.15, 0.2) is 0 Å². The molecule has 0 aliphatic carbocycles. The van der Waals surface area contributed by atoms with E-state index in [-0.39, 0.29) is 0 Å². The van der Waals surface area contributed by atoms with Gasteiger partial charge >= 0.3 is 0 Å². The second-order valence-corrected chi connectivity index (χ2v) is 4.00. The summed E-state index contributed by atoms with van der Waals surface area (Å²) in [4.78, 5) is 6.67. The average Bonchev–Trinajstić information content (AvgIpc) is 2.68. The Labute approximate surface area is 90.7 Å². The molecule has 15 heavy (non-hydrogen) atoms. The number of aryl methyl sites for hydroxylation is 1. The fourth-order valence-electron chi connectivity index (χ4n) is 1.84. The van der Waals surface area contributed by atoms with Crippen LogP contribution in [0.5, 0.6) is 0 Å². The van der Waals surface area contributed by atoms with Gasteiger partial charge in [0.2, 0.25) is 5.89 Å². The molecule has 1 fully saturated rings. The molecule has 4 heteroatoms. The van der Waals surface area contributed by atoms with Crippen LogP contribution in [0, 0.1) is 0 Å². The molecule has 1 aromatic rings. The maximum Gasteiger partial charge on any atom is 0.208 e. The lowest BCUT2D eigenvalue weighted by molar-refractivity contribution is 0.210. The minimum atomic E-state index is 0.853. The van der Waals surface area contributed by atoms with E-state index in [1.54, 1.807) is 0 Å².